The quantitative estimate of drug-likeness (QED) is 0.634. The van der Waals surface area contributed by atoms with Gasteiger partial charge in [0.25, 0.3) is 5.91 Å². The van der Waals surface area contributed by atoms with Crippen molar-refractivity contribution in [3.8, 4) is 5.75 Å². The van der Waals surface area contributed by atoms with Crippen molar-refractivity contribution in [1.82, 2.24) is 5.32 Å². The van der Waals surface area contributed by atoms with Gasteiger partial charge in [0.15, 0.2) is 6.61 Å². The number of hydrogen-bond acceptors (Lipinski definition) is 4. The number of nitrogens with two attached hydrogens (primary N) is 2. The van der Waals surface area contributed by atoms with Crippen LogP contribution in [0.5, 0.6) is 5.75 Å². The van der Waals surface area contributed by atoms with Gasteiger partial charge in [0.2, 0.25) is 0 Å². The van der Waals surface area contributed by atoms with Crippen molar-refractivity contribution in [2.45, 2.75) is 6.92 Å². The second-order valence-corrected chi connectivity index (χ2v) is 3.17. The zero-order valence-corrected chi connectivity index (χ0v) is 8.82. The van der Waals surface area contributed by atoms with Crippen molar-refractivity contribution < 1.29 is 14.3 Å². The van der Waals surface area contributed by atoms with E-state index in [0.29, 0.717) is 11.4 Å². The Bertz CT molecular complexity index is 418. The predicted molar refractivity (Wildman–Crippen MR) is 58.8 cm³/mol. The van der Waals surface area contributed by atoms with E-state index in [1.54, 1.807) is 25.1 Å². The van der Waals surface area contributed by atoms with E-state index in [2.05, 4.69) is 0 Å². The average molecular weight is 223 g/mol. The largest absolute Gasteiger partial charge is 0.483 e. The van der Waals surface area contributed by atoms with E-state index in [0.717, 1.165) is 5.56 Å². The van der Waals surface area contributed by atoms with E-state index < -0.39 is 11.9 Å². The van der Waals surface area contributed by atoms with Crippen molar-refractivity contribution in [1.29, 1.82) is 0 Å². The van der Waals surface area contributed by atoms with Crippen LogP contribution in [0.2, 0.25) is 0 Å². The minimum absolute atomic E-state index is 0.284. The van der Waals surface area contributed by atoms with Gasteiger partial charge in [-0.15, -0.1) is 0 Å². The lowest BCUT2D eigenvalue weighted by Gasteiger charge is -2.09. The van der Waals surface area contributed by atoms with E-state index in [1.807, 2.05) is 5.32 Å². The summed E-state index contributed by atoms with van der Waals surface area (Å²) in [6, 6.07) is 4.22. The number of hydrogen-bond donors (Lipinski definition) is 3. The molecule has 0 saturated carbocycles. The highest BCUT2D eigenvalue weighted by atomic mass is 16.5. The number of primary amides is 1. The van der Waals surface area contributed by atoms with Crippen LogP contribution in [-0.2, 0) is 4.79 Å². The Morgan fingerprint density at radius 2 is 2.12 bits per heavy atom. The molecule has 5 N–H and O–H groups in total. The summed E-state index contributed by atoms with van der Waals surface area (Å²) in [7, 11) is 0. The molecule has 0 aliphatic rings. The number of amides is 3. The molecule has 6 nitrogen and oxygen atoms in total. The Morgan fingerprint density at radius 3 is 2.75 bits per heavy atom. The second-order valence-electron chi connectivity index (χ2n) is 3.17. The highest BCUT2D eigenvalue weighted by molar-refractivity contribution is 5.94. The standard InChI is InChI=1S/C10H13N3O3/c1-6-7(11)3-2-4-8(6)16-5-9(14)13-10(12)15/h2-4H,5,11H2,1H3,(H3,12,13,14,15). The summed E-state index contributed by atoms with van der Waals surface area (Å²) in [5.41, 5.74) is 11.7. The number of carbonyl (C=O) groups excluding carboxylic acids is 2. The first-order valence-corrected chi connectivity index (χ1v) is 4.58. The predicted octanol–water partition coefficient (Wildman–Crippen LogP) is 0.151. The minimum Gasteiger partial charge on any atom is -0.483 e. The maximum Gasteiger partial charge on any atom is 0.318 e. The van der Waals surface area contributed by atoms with E-state index >= 15 is 0 Å². The van der Waals surface area contributed by atoms with Crippen LogP contribution >= 0.6 is 0 Å². The number of ether oxygens (including phenoxy) is 1. The van der Waals surface area contributed by atoms with E-state index in [-0.39, 0.29) is 6.61 Å². The molecule has 0 fully saturated rings. The van der Waals surface area contributed by atoms with Gasteiger partial charge in [0, 0.05) is 11.3 Å². The molecule has 0 aliphatic carbocycles. The lowest BCUT2D eigenvalue weighted by atomic mass is 10.2. The molecule has 0 saturated heterocycles. The number of benzene rings is 1. The summed E-state index contributed by atoms with van der Waals surface area (Å²) >= 11 is 0. The van der Waals surface area contributed by atoms with E-state index in [9.17, 15) is 9.59 Å². The van der Waals surface area contributed by atoms with Gasteiger partial charge < -0.3 is 16.2 Å². The third-order valence-corrected chi connectivity index (χ3v) is 1.95. The van der Waals surface area contributed by atoms with Gasteiger partial charge in [-0.25, -0.2) is 4.79 Å². The zero-order valence-electron chi connectivity index (χ0n) is 8.82. The third kappa shape index (κ3) is 3.16. The number of anilines is 1. The number of nitrogens with one attached hydrogen (secondary N) is 1. The summed E-state index contributed by atoms with van der Waals surface area (Å²) in [4.78, 5) is 21.4. The van der Waals surface area contributed by atoms with Crippen LogP contribution in [0.1, 0.15) is 5.56 Å². The minimum atomic E-state index is -0.905. The average Bonchev–Trinajstić information content (AvgIpc) is 2.19. The normalized spacial score (nSPS) is 9.56. The summed E-state index contributed by atoms with van der Waals surface area (Å²) in [5, 5.41) is 1.89. The fourth-order valence-electron chi connectivity index (χ4n) is 1.10. The molecule has 0 aromatic heterocycles. The van der Waals surface area contributed by atoms with Crippen LogP contribution in [-0.4, -0.2) is 18.5 Å². The Balaban J connectivity index is 2.58. The number of carbonyl (C=O) groups is 2. The summed E-state index contributed by atoms with van der Waals surface area (Å²) in [6.07, 6.45) is 0. The molecule has 0 bridgehead atoms. The van der Waals surface area contributed by atoms with Crippen LogP contribution in [0, 0.1) is 6.92 Å². The van der Waals surface area contributed by atoms with Gasteiger partial charge in [0.05, 0.1) is 0 Å². The molecule has 0 heterocycles. The maximum absolute atomic E-state index is 11.1. The van der Waals surface area contributed by atoms with Gasteiger partial charge in [-0.3, -0.25) is 10.1 Å². The summed E-state index contributed by atoms with van der Waals surface area (Å²) in [6.45, 7) is 1.49. The summed E-state index contributed by atoms with van der Waals surface area (Å²) in [5.74, 6) is -0.103. The fraction of sp³-hybridized carbons (Fsp3) is 0.200. The molecule has 1 aromatic rings. The van der Waals surface area contributed by atoms with Crippen molar-refractivity contribution in [2.24, 2.45) is 5.73 Å². The molecule has 0 atom stereocenters. The van der Waals surface area contributed by atoms with Gasteiger partial charge in [-0.05, 0) is 19.1 Å². The fourth-order valence-corrected chi connectivity index (χ4v) is 1.10. The topological polar surface area (TPSA) is 107 Å². The van der Waals surface area contributed by atoms with Gasteiger partial charge >= 0.3 is 6.03 Å². The first-order valence-electron chi connectivity index (χ1n) is 4.58. The van der Waals surface area contributed by atoms with Crippen LogP contribution in [0.25, 0.3) is 0 Å². The molecular formula is C10H13N3O3. The SMILES string of the molecule is Cc1c(N)cccc1OCC(=O)NC(N)=O. The number of rotatable bonds is 3. The first kappa shape index (κ1) is 11.8. The van der Waals surface area contributed by atoms with Crippen LogP contribution in [0.3, 0.4) is 0 Å². The molecule has 86 valence electrons. The summed E-state index contributed by atoms with van der Waals surface area (Å²) < 4.78 is 5.18. The van der Waals surface area contributed by atoms with Crippen LogP contribution in [0.15, 0.2) is 18.2 Å². The highest BCUT2D eigenvalue weighted by Gasteiger charge is 2.07. The molecule has 16 heavy (non-hydrogen) atoms. The van der Waals surface area contributed by atoms with Crippen LogP contribution < -0.4 is 21.5 Å². The van der Waals surface area contributed by atoms with Crippen molar-refractivity contribution in [3.63, 3.8) is 0 Å². The molecule has 0 unspecified atom stereocenters. The Labute approximate surface area is 92.6 Å². The Morgan fingerprint density at radius 1 is 1.44 bits per heavy atom. The molecule has 0 spiro atoms. The third-order valence-electron chi connectivity index (χ3n) is 1.95. The monoisotopic (exact) mass is 223 g/mol. The van der Waals surface area contributed by atoms with Gasteiger partial charge in [-0.2, -0.15) is 0 Å². The lowest BCUT2D eigenvalue weighted by molar-refractivity contribution is -0.121. The molecule has 0 aliphatic heterocycles. The van der Waals surface area contributed by atoms with Crippen molar-refractivity contribution >= 4 is 17.6 Å². The number of urea groups is 1. The van der Waals surface area contributed by atoms with Crippen LogP contribution in [0.4, 0.5) is 10.5 Å². The smallest absolute Gasteiger partial charge is 0.318 e. The molecule has 1 rings (SSSR count). The molecule has 1 aromatic carbocycles. The maximum atomic E-state index is 11.1. The zero-order chi connectivity index (χ0) is 12.1. The molecule has 6 heteroatoms. The number of nitrogen functional groups attached to an aromatic ring is 1. The highest BCUT2D eigenvalue weighted by Crippen LogP contribution is 2.22. The molecular weight excluding hydrogens is 210 g/mol. The molecule has 0 radical (unpaired) electrons. The van der Waals surface area contributed by atoms with E-state index in [1.165, 1.54) is 0 Å². The Hall–Kier alpha value is -2.24. The van der Waals surface area contributed by atoms with Gasteiger partial charge in [0.1, 0.15) is 5.75 Å². The van der Waals surface area contributed by atoms with Gasteiger partial charge in [-0.1, -0.05) is 6.07 Å². The Kier molecular flexibility index (Phi) is 3.71. The van der Waals surface area contributed by atoms with Crippen molar-refractivity contribution in [3.05, 3.63) is 23.8 Å². The number of imide groups is 1. The lowest BCUT2D eigenvalue weighted by Crippen LogP contribution is -2.38. The van der Waals surface area contributed by atoms with Crippen molar-refractivity contribution in [2.75, 3.05) is 12.3 Å². The van der Waals surface area contributed by atoms with E-state index in [4.69, 9.17) is 16.2 Å². The molecule has 3 amide bonds. The second kappa shape index (κ2) is 5.01. The first-order chi connectivity index (χ1) is 7.50.